The van der Waals surface area contributed by atoms with E-state index >= 15 is 0 Å². The summed E-state index contributed by atoms with van der Waals surface area (Å²) in [5, 5.41) is 7.23. The van der Waals surface area contributed by atoms with Crippen molar-refractivity contribution in [3.63, 3.8) is 0 Å². The van der Waals surface area contributed by atoms with Gasteiger partial charge in [0, 0.05) is 39.5 Å². The van der Waals surface area contributed by atoms with Crippen molar-refractivity contribution in [2.45, 2.75) is 6.61 Å². The predicted molar refractivity (Wildman–Crippen MR) is 73.3 cm³/mol. The third-order valence-corrected chi connectivity index (χ3v) is 3.18. The standard InChI is InChI=1S/C13H17N5O2/c1-19-9-11-16-13(20-17-11)10-3-2-4-15-12(10)18-7-5-14-6-8-18/h2-4,14H,5-9H2,1H3. The Hall–Kier alpha value is -1.99. The summed E-state index contributed by atoms with van der Waals surface area (Å²) < 4.78 is 10.3. The van der Waals surface area contributed by atoms with Crippen molar-refractivity contribution in [2.75, 3.05) is 38.2 Å². The van der Waals surface area contributed by atoms with E-state index in [-0.39, 0.29) is 0 Å². The first-order valence-corrected chi connectivity index (χ1v) is 6.61. The van der Waals surface area contributed by atoms with Crippen molar-refractivity contribution in [3.05, 3.63) is 24.2 Å². The van der Waals surface area contributed by atoms with Crippen LogP contribution in [-0.2, 0) is 11.3 Å². The average Bonchev–Trinajstić information content (AvgIpc) is 2.97. The van der Waals surface area contributed by atoms with Gasteiger partial charge in [-0.2, -0.15) is 4.98 Å². The number of hydrogen-bond acceptors (Lipinski definition) is 7. The molecule has 0 saturated carbocycles. The number of nitrogens with one attached hydrogen (secondary N) is 1. The van der Waals surface area contributed by atoms with Gasteiger partial charge in [0.05, 0.1) is 5.56 Å². The van der Waals surface area contributed by atoms with Crippen LogP contribution in [0.2, 0.25) is 0 Å². The monoisotopic (exact) mass is 275 g/mol. The molecule has 20 heavy (non-hydrogen) atoms. The van der Waals surface area contributed by atoms with Crippen LogP contribution < -0.4 is 10.2 Å². The highest BCUT2D eigenvalue weighted by Gasteiger charge is 2.19. The third kappa shape index (κ3) is 2.63. The van der Waals surface area contributed by atoms with Crippen LogP contribution in [0.5, 0.6) is 0 Å². The Morgan fingerprint density at radius 1 is 1.40 bits per heavy atom. The quantitative estimate of drug-likeness (QED) is 0.879. The largest absolute Gasteiger partial charge is 0.377 e. The van der Waals surface area contributed by atoms with Gasteiger partial charge in [-0.3, -0.25) is 0 Å². The molecule has 1 saturated heterocycles. The molecule has 0 amide bonds. The normalized spacial score (nSPS) is 15.6. The van der Waals surface area contributed by atoms with Crippen LogP contribution in [0.4, 0.5) is 5.82 Å². The molecule has 1 aliphatic rings. The van der Waals surface area contributed by atoms with Crippen LogP contribution in [-0.4, -0.2) is 48.4 Å². The summed E-state index contributed by atoms with van der Waals surface area (Å²) in [7, 11) is 1.60. The SMILES string of the molecule is COCc1noc(-c2cccnc2N2CCNCC2)n1. The lowest BCUT2D eigenvalue weighted by atomic mass is 10.2. The zero-order valence-corrected chi connectivity index (χ0v) is 11.4. The van der Waals surface area contributed by atoms with Crippen molar-refractivity contribution < 1.29 is 9.26 Å². The van der Waals surface area contributed by atoms with Crippen LogP contribution in [0.3, 0.4) is 0 Å². The van der Waals surface area contributed by atoms with Crippen LogP contribution in [0, 0.1) is 0 Å². The summed E-state index contributed by atoms with van der Waals surface area (Å²) in [6, 6.07) is 3.83. The zero-order valence-electron chi connectivity index (χ0n) is 11.4. The maximum atomic E-state index is 5.31. The predicted octanol–water partition coefficient (Wildman–Crippen LogP) is 0.688. The number of anilines is 1. The van der Waals surface area contributed by atoms with E-state index in [1.54, 1.807) is 13.3 Å². The van der Waals surface area contributed by atoms with Gasteiger partial charge >= 0.3 is 0 Å². The Morgan fingerprint density at radius 2 is 2.25 bits per heavy atom. The maximum absolute atomic E-state index is 5.31. The lowest BCUT2D eigenvalue weighted by Gasteiger charge is -2.29. The third-order valence-electron chi connectivity index (χ3n) is 3.18. The number of piperazine rings is 1. The second kappa shape index (κ2) is 5.98. The van der Waals surface area contributed by atoms with Crippen LogP contribution in [0.1, 0.15) is 5.82 Å². The average molecular weight is 275 g/mol. The molecule has 0 spiro atoms. The Morgan fingerprint density at radius 3 is 3.05 bits per heavy atom. The highest BCUT2D eigenvalue weighted by molar-refractivity contribution is 5.69. The number of pyridine rings is 1. The molecule has 7 heteroatoms. The molecule has 1 N–H and O–H groups in total. The molecule has 2 aromatic heterocycles. The maximum Gasteiger partial charge on any atom is 0.261 e. The molecule has 3 rings (SSSR count). The molecule has 7 nitrogen and oxygen atoms in total. The molecule has 0 atom stereocenters. The smallest absolute Gasteiger partial charge is 0.261 e. The summed E-state index contributed by atoms with van der Waals surface area (Å²) >= 11 is 0. The number of methoxy groups -OCH3 is 1. The Balaban J connectivity index is 1.91. The zero-order chi connectivity index (χ0) is 13.8. The van der Waals surface area contributed by atoms with Crippen molar-refractivity contribution in [2.24, 2.45) is 0 Å². The fourth-order valence-electron chi connectivity index (χ4n) is 2.24. The number of nitrogens with zero attached hydrogens (tertiary/aromatic N) is 4. The number of hydrogen-bond donors (Lipinski definition) is 1. The molecule has 0 bridgehead atoms. The summed E-state index contributed by atoms with van der Waals surface area (Å²) in [6.45, 7) is 4.09. The van der Waals surface area contributed by atoms with E-state index < -0.39 is 0 Å². The minimum atomic E-state index is 0.340. The van der Waals surface area contributed by atoms with Gasteiger partial charge in [0.15, 0.2) is 5.82 Å². The molecule has 0 unspecified atom stereocenters. The van der Waals surface area contributed by atoms with Gasteiger partial charge in [-0.15, -0.1) is 0 Å². The van der Waals surface area contributed by atoms with Gasteiger partial charge in [-0.25, -0.2) is 4.98 Å². The molecular weight excluding hydrogens is 258 g/mol. The first kappa shape index (κ1) is 13.0. The topological polar surface area (TPSA) is 76.3 Å². The van der Waals surface area contributed by atoms with E-state index in [1.165, 1.54) is 0 Å². The van der Waals surface area contributed by atoms with E-state index in [9.17, 15) is 0 Å². The van der Waals surface area contributed by atoms with Gasteiger partial charge < -0.3 is 19.5 Å². The Labute approximate surface area is 117 Å². The van der Waals surface area contributed by atoms with E-state index in [0.717, 1.165) is 37.6 Å². The first-order chi connectivity index (χ1) is 9.88. The van der Waals surface area contributed by atoms with E-state index in [4.69, 9.17) is 9.26 Å². The molecule has 2 aromatic rings. The van der Waals surface area contributed by atoms with Gasteiger partial charge in [-0.05, 0) is 12.1 Å². The Bertz CT molecular complexity index is 565. The summed E-state index contributed by atoms with van der Waals surface area (Å²) in [6.07, 6.45) is 1.79. The fourth-order valence-corrected chi connectivity index (χ4v) is 2.24. The molecule has 1 fully saturated rings. The number of ether oxygens (including phenoxy) is 1. The molecule has 0 aliphatic carbocycles. The van der Waals surface area contributed by atoms with Crippen LogP contribution >= 0.6 is 0 Å². The lowest BCUT2D eigenvalue weighted by Crippen LogP contribution is -2.44. The van der Waals surface area contributed by atoms with Crippen molar-refractivity contribution in [1.82, 2.24) is 20.4 Å². The van der Waals surface area contributed by atoms with Crippen molar-refractivity contribution in [1.29, 1.82) is 0 Å². The minimum absolute atomic E-state index is 0.340. The van der Waals surface area contributed by atoms with Gasteiger partial charge in [0.1, 0.15) is 12.4 Å². The van der Waals surface area contributed by atoms with Gasteiger partial charge in [0.2, 0.25) is 0 Å². The van der Waals surface area contributed by atoms with Crippen molar-refractivity contribution >= 4 is 5.82 Å². The first-order valence-electron chi connectivity index (χ1n) is 6.61. The number of rotatable bonds is 4. The summed E-state index contributed by atoms with van der Waals surface area (Å²) in [5.74, 6) is 1.91. The van der Waals surface area contributed by atoms with Crippen LogP contribution in [0.15, 0.2) is 22.9 Å². The molecule has 0 aromatic carbocycles. The van der Waals surface area contributed by atoms with Crippen molar-refractivity contribution in [3.8, 4) is 11.5 Å². The van der Waals surface area contributed by atoms with Gasteiger partial charge in [0.25, 0.3) is 5.89 Å². The highest BCUT2D eigenvalue weighted by atomic mass is 16.5. The summed E-state index contributed by atoms with van der Waals surface area (Å²) in [4.78, 5) is 11.0. The van der Waals surface area contributed by atoms with E-state index in [0.29, 0.717) is 18.3 Å². The highest BCUT2D eigenvalue weighted by Crippen LogP contribution is 2.27. The summed E-state index contributed by atoms with van der Waals surface area (Å²) in [5.41, 5.74) is 0.865. The molecule has 106 valence electrons. The minimum Gasteiger partial charge on any atom is -0.377 e. The Kier molecular flexibility index (Phi) is 3.89. The van der Waals surface area contributed by atoms with E-state index in [1.807, 2.05) is 12.1 Å². The second-order valence-corrected chi connectivity index (χ2v) is 4.56. The second-order valence-electron chi connectivity index (χ2n) is 4.56. The molecule has 3 heterocycles. The number of aromatic nitrogens is 3. The van der Waals surface area contributed by atoms with E-state index in [2.05, 4.69) is 25.3 Å². The molecular formula is C13H17N5O2. The van der Waals surface area contributed by atoms with Crippen LogP contribution in [0.25, 0.3) is 11.5 Å². The fraction of sp³-hybridized carbons (Fsp3) is 0.462. The molecule has 1 aliphatic heterocycles. The molecule has 0 radical (unpaired) electrons. The van der Waals surface area contributed by atoms with Gasteiger partial charge in [-0.1, -0.05) is 5.16 Å². The lowest BCUT2D eigenvalue weighted by molar-refractivity contribution is 0.174.